The lowest BCUT2D eigenvalue weighted by Crippen LogP contribution is -2.63. The van der Waals surface area contributed by atoms with Gasteiger partial charge in [-0.2, -0.15) is 4.99 Å². The number of carboxylic acid groups (broad SMARTS) is 1. The number of carbonyl (C=O) groups is 3. The number of nitrogens with zero attached hydrogens (tertiary/aromatic N) is 1. The lowest BCUT2D eigenvalue weighted by Gasteiger charge is -2.63. The van der Waals surface area contributed by atoms with E-state index in [2.05, 4.69) is 31.1 Å². The Labute approximate surface area is 327 Å². The Kier molecular flexibility index (Phi) is 12.0. The van der Waals surface area contributed by atoms with Gasteiger partial charge >= 0.3 is 5.97 Å². The van der Waals surface area contributed by atoms with Crippen molar-refractivity contribution in [1.29, 1.82) is 0 Å². The zero-order valence-electron chi connectivity index (χ0n) is 32.6. The number of aliphatic hydroxyl groups excluding tert-OH is 2. The van der Waals surface area contributed by atoms with E-state index in [0.717, 1.165) is 50.3 Å². The standard InChI is InChI=1S/C43H56F2N4O7/c1-22(5-12-38(54)55)29-10-11-30-39-31(21-35(51)43(29,30)4)42(3)14-13-27(19-26(42)20-34(39)50)48-37(53)16-24-6-8-28(9-7-24)56-40-32(44)17-25(18-33(40)45)23(2)15-36(52)49-41(46)47/h6-9,15,17-18,22,26-27,29-31,34-35,39,50-51H,5,10-14,16,19-21H2,1-4H3,(H,48,53)(H,54,55)(H4,46,47,49,52)/b23-15+/t22-,26+,27+,29-,30+,31+,34-,35+,39+,42+,43-/m1/s1. The molecule has 0 radical (unpaired) electrons. The molecule has 0 aromatic heterocycles. The highest BCUT2D eigenvalue weighted by molar-refractivity contribution is 6.01. The molecule has 11 nitrogen and oxygen atoms in total. The predicted octanol–water partition coefficient (Wildman–Crippen LogP) is 6.09. The van der Waals surface area contributed by atoms with Gasteiger partial charge in [-0.25, -0.2) is 8.78 Å². The molecule has 8 N–H and O–H groups in total. The minimum Gasteiger partial charge on any atom is -0.481 e. The van der Waals surface area contributed by atoms with Crippen LogP contribution in [0.25, 0.3) is 5.57 Å². The number of benzene rings is 2. The Morgan fingerprint density at radius 3 is 2.34 bits per heavy atom. The molecule has 4 saturated carbocycles. The van der Waals surface area contributed by atoms with Gasteiger partial charge in [0, 0.05) is 18.5 Å². The summed E-state index contributed by atoms with van der Waals surface area (Å²) < 4.78 is 35.4. The van der Waals surface area contributed by atoms with Crippen LogP contribution in [0, 0.1) is 58.0 Å². The van der Waals surface area contributed by atoms with Crippen LogP contribution in [0.2, 0.25) is 0 Å². The molecule has 4 aliphatic rings. The second-order valence-corrected chi connectivity index (χ2v) is 17.4. The van der Waals surface area contributed by atoms with Crippen LogP contribution < -0.4 is 21.5 Å². The molecule has 2 aromatic rings. The lowest BCUT2D eigenvalue weighted by atomic mass is 9.43. The van der Waals surface area contributed by atoms with Crippen molar-refractivity contribution in [1.82, 2.24) is 5.32 Å². The van der Waals surface area contributed by atoms with Crippen LogP contribution in [0.15, 0.2) is 47.5 Å². The fraction of sp³-hybridized carbons (Fsp3) is 0.581. The Hall–Kier alpha value is -4.36. The van der Waals surface area contributed by atoms with E-state index in [1.54, 1.807) is 12.1 Å². The van der Waals surface area contributed by atoms with Crippen molar-refractivity contribution in [3.05, 3.63) is 65.2 Å². The minimum absolute atomic E-state index is 0.0475. The number of hydrogen-bond acceptors (Lipinski definition) is 6. The summed E-state index contributed by atoms with van der Waals surface area (Å²) in [5.41, 5.74) is 11.0. The summed E-state index contributed by atoms with van der Waals surface area (Å²) in [5, 5.41) is 36.1. The highest BCUT2D eigenvalue weighted by atomic mass is 19.1. The molecule has 304 valence electrons. The van der Waals surface area contributed by atoms with Gasteiger partial charge in [-0.3, -0.25) is 14.4 Å². The van der Waals surface area contributed by atoms with Crippen LogP contribution in [-0.4, -0.2) is 57.3 Å². The monoisotopic (exact) mass is 778 g/mol. The number of guanidine groups is 1. The van der Waals surface area contributed by atoms with Crippen LogP contribution in [0.3, 0.4) is 0 Å². The number of halogens is 2. The van der Waals surface area contributed by atoms with E-state index in [4.69, 9.17) is 16.2 Å². The normalized spacial score (nSPS) is 33.0. The first-order valence-corrected chi connectivity index (χ1v) is 19.9. The molecule has 11 atom stereocenters. The highest BCUT2D eigenvalue weighted by Crippen LogP contribution is 2.68. The van der Waals surface area contributed by atoms with E-state index >= 15 is 0 Å². The number of fused-ring (bicyclic) bond motifs is 5. The van der Waals surface area contributed by atoms with Gasteiger partial charge in [0.25, 0.3) is 5.91 Å². The van der Waals surface area contributed by atoms with Gasteiger partial charge in [-0.1, -0.05) is 32.9 Å². The van der Waals surface area contributed by atoms with Gasteiger partial charge in [-0.15, -0.1) is 0 Å². The fourth-order valence-electron chi connectivity index (χ4n) is 11.4. The van der Waals surface area contributed by atoms with E-state index in [-0.39, 0.29) is 88.0 Å². The maximum atomic E-state index is 14.9. The molecular weight excluding hydrogens is 722 g/mol. The topological polar surface area (TPSA) is 198 Å². The number of nitrogens with one attached hydrogen (secondary N) is 1. The van der Waals surface area contributed by atoms with Crippen LogP contribution in [0.5, 0.6) is 11.5 Å². The molecule has 6 rings (SSSR count). The average molecular weight is 779 g/mol. The molecule has 0 spiro atoms. The second kappa shape index (κ2) is 16.2. The van der Waals surface area contributed by atoms with Gasteiger partial charge < -0.3 is 36.8 Å². The molecule has 0 saturated heterocycles. The number of carboxylic acids is 1. The number of aliphatic imine (C=N–C) groups is 1. The molecule has 2 amide bonds. The van der Waals surface area contributed by atoms with E-state index in [1.807, 2.05) is 0 Å². The molecular formula is C43H56F2N4O7. The summed E-state index contributed by atoms with van der Waals surface area (Å²) in [6, 6.07) is 8.44. The van der Waals surface area contributed by atoms with E-state index in [0.29, 0.717) is 24.8 Å². The van der Waals surface area contributed by atoms with Crippen molar-refractivity contribution in [2.75, 3.05) is 0 Å². The van der Waals surface area contributed by atoms with Gasteiger partial charge in [0.2, 0.25) is 5.91 Å². The summed E-state index contributed by atoms with van der Waals surface area (Å²) in [5.74, 6) is -3.49. The Bertz CT molecular complexity index is 1860. The third-order valence-corrected chi connectivity index (χ3v) is 14.3. The zero-order valence-corrected chi connectivity index (χ0v) is 32.6. The summed E-state index contributed by atoms with van der Waals surface area (Å²) in [4.78, 5) is 39.8. The highest BCUT2D eigenvalue weighted by Gasteiger charge is 2.65. The van der Waals surface area contributed by atoms with Gasteiger partial charge in [-0.05, 0) is 146 Å². The molecule has 4 fully saturated rings. The number of rotatable bonds is 11. The molecule has 4 aliphatic carbocycles. The van der Waals surface area contributed by atoms with Crippen molar-refractivity contribution < 1.29 is 43.2 Å². The molecule has 0 unspecified atom stereocenters. The molecule has 0 bridgehead atoms. The third kappa shape index (κ3) is 8.20. The largest absolute Gasteiger partial charge is 0.481 e. The van der Waals surface area contributed by atoms with Crippen molar-refractivity contribution in [2.24, 2.45) is 62.8 Å². The number of aliphatic carboxylic acids is 1. The first-order valence-electron chi connectivity index (χ1n) is 19.9. The van der Waals surface area contributed by atoms with E-state index in [1.165, 1.54) is 19.1 Å². The van der Waals surface area contributed by atoms with E-state index < -0.39 is 47.4 Å². The molecule has 0 heterocycles. The Morgan fingerprint density at radius 1 is 1.02 bits per heavy atom. The second-order valence-electron chi connectivity index (χ2n) is 17.4. The van der Waals surface area contributed by atoms with Crippen molar-refractivity contribution in [3.63, 3.8) is 0 Å². The van der Waals surface area contributed by atoms with Gasteiger partial charge in [0.05, 0.1) is 18.6 Å². The van der Waals surface area contributed by atoms with Crippen LogP contribution >= 0.6 is 0 Å². The predicted molar refractivity (Wildman–Crippen MR) is 207 cm³/mol. The average Bonchev–Trinajstić information content (AvgIpc) is 3.48. The van der Waals surface area contributed by atoms with Gasteiger partial charge in [0.1, 0.15) is 5.75 Å². The number of allylic oxidation sites excluding steroid dienone is 1. The zero-order chi connectivity index (χ0) is 40.7. The van der Waals surface area contributed by atoms with Crippen LogP contribution in [0.1, 0.15) is 96.6 Å². The Balaban J connectivity index is 1.04. The number of hydrogen-bond donors (Lipinski definition) is 6. The third-order valence-electron chi connectivity index (χ3n) is 14.3. The van der Waals surface area contributed by atoms with Crippen LogP contribution in [0.4, 0.5) is 8.78 Å². The quantitative estimate of drug-likeness (QED) is 0.0889. The van der Waals surface area contributed by atoms with Crippen molar-refractivity contribution in [3.8, 4) is 11.5 Å². The molecule has 13 heteroatoms. The van der Waals surface area contributed by atoms with Gasteiger partial charge in [0.15, 0.2) is 23.3 Å². The maximum absolute atomic E-state index is 14.9. The fourth-order valence-corrected chi connectivity index (χ4v) is 11.4. The van der Waals surface area contributed by atoms with Crippen LogP contribution in [-0.2, 0) is 20.8 Å². The SMILES string of the molecule is C/C(=C\C(=O)N=C(N)N)c1cc(F)c(Oc2ccc(CC(=O)N[C@H]3CC[C@@]4(C)[C@@H](C3)C[C@@H](O)[C@@H]3[C@@H]4C[C@H](O)[C@]4(C)[C@@H]([C@H](C)CCC(=O)O)CC[C@@H]34)cc2)c(F)c1. The first kappa shape index (κ1) is 41.3. The van der Waals surface area contributed by atoms with E-state index in [9.17, 15) is 38.5 Å². The lowest BCUT2D eigenvalue weighted by molar-refractivity contribution is -0.202. The molecule has 56 heavy (non-hydrogen) atoms. The van der Waals surface area contributed by atoms with Crippen molar-refractivity contribution in [2.45, 2.75) is 110 Å². The summed E-state index contributed by atoms with van der Waals surface area (Å²) in [6.07, 6.45) is 6.47. The minimum atomic E-state index is -0.972. The summed E-state index contributed by atoms with van der Waals surface area (Å²) >= 11 is 0. The Morgan fingerprint density at radius 2 is 1.70 bits per heavy atom. The number of ether oxygens (including phenoxy) is 1. The summed E-state index contributed by atoms with van der Waals surface area (Å²) in [6.45, 7) is 8.12. The smallest absolute Gasteiger partial charge is 0.303 e. The number of carbonyl (C=O) groups excluding carboxylic acids is 2. The maximum Gasteiger partial charge on any atom is 0.303 e. The first-order chi connectivity index (χ1) is 26.4. The van der Waals surface area contributed by atoms with Crippen molar-refractivity contribution >= 4 is 29.3 Å². The summed E-state index contributed by atoms with van der Waals surface area (Å²) in [7, 11) is 0. The number of amides is 2. The number of nitrogens with two attached hydrogens (primary N) is 2. The number of aliphatic hydroxyl groups is 2. The molecule has 2 aromatic carbocycles. The molecule has 0 aliphatic heterocycles.